The molecule has 1 aromatic carbocycles. The number of hydrogen-bond acceptors (Lipinski definition) is 3. The van der Waals surface area contributed by atoms with Gasteiger partial charge in [-0.3, -0.25) is 14.8 Å². The topological polar surface area (TPSA) is 73.8 Å². The van der Waals surface area contributed by atoms with Crippen LogP contribution in [-0.2, 0) is 0 Å². The average Bonchev–Trinajstić information content (AvgIpc) is 2.59. The second kappa shape index (κ2) is 4.03. The van der Waals surface area contributed by atoms with E-state index in [9.17, 15) is 4.79 Å². The van der Waals surface area contributed by atoms with Crippen LogP contribution in [0, 0.1) is 9.54 Å². The van der Waals surface area contributed by atoms with Crippen LogP contribution in [0.5, 0.6) is 0 Å². The lowest BCUT2D eigenvalue weighted by atomic mass is 10.2. The Kier molecular flexibility index (Phi) is 2.71. The summed E-state index contributed by atoms with van der Waals surface area (Å²) in [5.74, 6) is -0.987. The summed E-state index contributed by atoms with van der Waals surface area (Å²) in [4.78, 5) is 10.8. The zero-order chi connectivity index (χ0) is 11.7. The molecule has 2 rings (SSSR count). The normalized spacial score (nSPS) is 10.2. The smallest absolute Gasteiger partial charge is 0.335 e. The molecule has 0 aliphatic heterocycles. The zero-order valence-electron chi connectivity index (χ0n) is 7.93. The number of rotatable bonds is 2. The highest BCUT2D eigenvalue weighted by atomic mass is 32.1. The van der Waals surface area contributed by atoms with E-state index in [0.29, 0.717) is 15.2 Å². The molecule has 0 aliphatic rings. The van der Waals surface area contributed by atoms with E-state index in [4.69, 9.17) is 29.5 Å². The SMILES string of the molecule is O=C(O)c1cccc(-n2c(=S)[nH][nH]c2=S)c1. The van der Waals surface area contributed by atoms with E-state index in [-0.39, 0.29) is 5.56 Å². The van der Waals surface area contributed by atoms with E-state index in [1.807, 2.05) is 0 Å². The second-order valence-electron chi connectivity index (χ2n) is 3.05. The molecule has 0 aliphatic carbocycles. The van der Waals surface area contributed by atoms with E-state index >= 15 is 0 Å². The molecule has 5 nitrogen and oxygen atoms in total. The Hall–Kier alpha value is -1.73. The van der Waals surface area contributed by atoms with Gasteiger partial charge in [-0.05, 0) is 42.6 Å². The molecule has 0 bridgehead atoms. The molecule has 0 atom stereocenters. The predicted molar refractivity (Wildman–Crippen MR) is 63.1 cm³/mol. The van der Waals surface area contributed by atoms with Gasteiger partial charge in [0.25, 0.3) is 0 Å². The summed E-state index contributed by atoms with van der Waals surface area (Å²) >= 11 is 10.1. The van der Waals surface area contributed by atoms with Crippen LogP contribution in [0.1, 0.15) is 10.4 Å². The Morgan fingerprint density at radius 2 is 1.88 bits per heavy atom. The first-order valence-corrected chi connectivity index (χ1v) is 5.14. The van der Waals surface area contributed by atoms with E-state index in [1.165, 1.54) is 12.1 Å². The summed E-state index contributed by atoms with van der Waals surface area (Å²) in [5, 5.41) is 14.2. The summed E-state index contributed by atoms with van der Waals surface area (Å²) in [6, 6.07) is 6.40. The van der Waals surface area contributed by atoms with Crippen molar-refractivity contribution in [3.05, 3.63) is 39.4 Å². The molecule has 82 valence electrons. The molecular formula is C9H7N3O2S2. The van der Waals surface area contributed by atoms with Crippen molar-refractivity contribution in [2.24, 2.45) is 0 Å². The molecule has 2 aromatic rings. The zero-order valence-corrected chi connectivity index (χ0v) is 9.56. The van der Waals surface area contributed by atoms with Crippen molar-refractivity contribution >= 4 is 30.4 Å². The lowest BCUT2D eigenvalue weighted by Gasteiger charge is -2.02. The minimum absolute atomic E-state index is 0.190. The Balaban J connectivity index is 2.66. The summed E-state index contributed by atoms with van der Waals surface area (Å²) in [6.45, 7) is 0. The van der Waals surface area contributed by atoms with Gasteiger partial charge in [0.1, 0.15) is 0 Å². The molecule has 1 aromatic heterocycles. The molecule has 0 unspecified atom stereocenters. The summed E-state index contributed by atoms with van der Waals surface area (Å²) < 4.78 is 2.34. The van der Waals surface area contributed by atoms with Crippen molar-refractivity contribution in [3.63, 3.8) is 0 Å². The number of aromatic carboxylic acids is 1. The van der Waals surface area contributed by atoms with Crippen LogP contribution >= 0.6 is 24.4 Å². The van der Waals surface area contributed by atoms with Crippen molar-refractivity contribution < 1.29 is 9.90 Å². The third-order valence-electron chi connectivity index (χ3n) is 2.03. The minimum Gasteiger partial charge on any atom is -0.478 e. The van der Waals surface area contributed by atoms with Crippen molar-refractivity contribution in [1.29, 1.82) is 0 Å². The molecule has 0 saturated heterocycles. The van der Waals surface area contributed by atoms with E-state index in [0.717, 1.165) is 0 Å². The number of aromatic amines is 2. The number of H-pyrrole nitrogens is 2. The van der Waals surface area contributed by atoms with Gasteiger partial charge >= 0.3 is 5.97 Å². The quantitative estimate of drug-likeness (QED) is 0.718. The van der Waals surface area contributed by atoms with Gasteiger partial charge in [-0.15, -0.1) is 0 Å². The first kappa shape index (κ1) is 10.8. The highest BCUT2D eigenvalue weighted by Crippen LogP contribution is 2.11. The number of aromatic nitrogens is 3. The maximum Gasteiger partial charge on any atom is 0.335 e. The number of carboxylic acid groups (broad SMARTS) is 1. The molecule has 16 heavy (non-hydrogen) atoms. The Morgan fingerprint density at radius 1 is 1.25 bits per heavy atom. The maximum atomic E-state index is 10.8. The van der Waals surface area contributed by atoms with Crippen molar-refractivity contribution in [2.75, 3.05) is 0 Å². The van der Waals surface area contributed by atoms with Crippen LogP contribution in [0.3, 0.4) is 0 Å². The summed E-state index contributed by atoms with van der Waals surface area (Å²) in [5.41, 5.74) is 0.808. The molecule has 3 N–H and O–H groups in total. The van der Waals surface area contributed by atoms with Crippen LogP contribution in [0.25, 0.3) is 5.69 Å². The first-order chi connectivity index (χ1) is 7.59. The average molecular weight is 253 g/mol. The molecule has 0 amide bonds. The van der Waals surface area contributed by atoms with Gasteiger partial charge in [0.2, 0.25) is 0 Å². The minimum atomic E-state index is -0.987. The molecule has 0 radical (unpaired) electrons. The van der Waals surface area contributed by atoms with Crippen molar-refractivity contribution in [3.8, 4) is 5.69 Å². The first-order valence-electron chi connectivity index (χ1n) is 4.33. The van der Waals surface area contributed by atoms with Gasteiger partial charge in [0, 0.05) is 0 Å². The molecule has 0 spiro atoms. The molecule has 1 heterocycles. The monoisotopic (exact) mass is 253 g/mol. The Labute approximate surface area is 100 Å². The third-order valence-corrected chi connectivity index (χ3v) is 2.60. The Bertz CT molecular complexity index is 626. The molecule has 0 saturated carbocycles. The van der Waals surface area contributed by atoms with Gasteiger partial charge in [-0.1, -0.05) is 6.07 Å². The number of hydrogen-bond donors (Lipinski definition) is 3. The van der Waals surface area contributed by atoms with Crippen molar-refractivity contribution in [2.45, 2.75) is 0 Å². The van der Waals surface area contributed by atoms with E-state index in [2.05, 4.69) is 10.2 Å². The predicted octanol–water partition coefficient (Wildman–Crippen LogP) is 2.29. The summed E-state index contributed by atoms with van der Waals surface area (Å²) in [6.07, 6.45) is 0. The molecule has 0 fully saturated rings. The number of nitrogens with one attached hydrogen (secondary N) is 2. The number of benzene rings is 1. The lowest BCUT2D eigenvalue weighted by Crippen LogP contribution is -2.00. The van der Waals surface area contributed by atoms with Gasteiger partial charge in [0.05, 0.1) is 11.3 Å². The van der Waals surface area contributed by atoms with E-state index in [1.54, 1.807) is 16.7 Å². The van der Waals surface area contributed by atoms with Crippen molar-refractivity contribution in [1.82, 2.24) is 14.8 Å². The fourth-order valence-electron chi connectivity index (χ4n) is 1.32. The third kappa shape index (κ3) is 1.82. The number of nitrogens with zero attached hydrogens (tertiary/aromatic N) is 1. The largest absolute Gasteiger partial charge is 0.478 e. The van der Waals surface area contributed by atoms with Gasteiger partial charge in [0.15, 0.2) is 9.54 Å². The van der Waals surface area contributed by atoms with Crippen LogP contribution in [0.15, 0.2) is 24.3 Å². The number of carbonyl (C=O) groups is 1. The van der Waals surface area contributed by atoms with Crippen LogP contribution in [-0.4, -0.2) is 25.8 Å². The van der Waals surface area contributed by atoms with E-state index < -0.39 is 5.97 Å². The Morgan fingerprint density at radius 3 is 2.44 bits per heavy atom. The lowest BCUT2D eigenvalue weighted by molar-refractivity contribution is 0.0697. The molecule has 7 heteroatoms. The van der Waals surface area contributed by atoms with Gasteiger partial charge < -0.3 is 5.11 Å². The fraction of sp³-hybridized carbons (Fsp3) is 0. The van der Waals surface area contributed by atoms with Crippen LogP contribution in [0.4, 0.5) is 0 Å². The molecular weight excluding hydrogens is 246 g/mol. The van der Waals surface area contributed by atoms with Crippen LogP contribution < -0.4 is 0 Å². The van der Waals surface area contributed by atoms with Gasteiger partial charge in [-0.25, -0.2) is 4.79 Å². The summed E-state index contributed by atoms with van der Waals surface area (Å²) in [7, 11) is 0. The fourth-order valence-corrected chi connectivity index (χ4v) is 1.88. The van der Waals surface area contributed by atoms with Crippen LogP contribution in [0.2, 0.25) is 0 Å². The standard InChI is InChI=1S/C9H7N3O2S2/c13-7(14)5-2-1-3-6(4-5)12-8(15)10-11-9(12)16/h1-4H,(H,10,15)(H,11,16)(H,13,14). The van der Waals surface area contributed by atoms with Gasteiger partial charge in [-0.2, -0.15) is 0 Å². The second-order valence-corrected chi connectivity index (χ2v) is 3.82. The highest BCUT2D eigenvalue weighted by Gasteiger charge is 2.06. The number of carboxylic acids is 1. The maximum absolute atomic E-state index is 10.8. The highest BCUT2D eigenvalue weighted by molar-refractivity contribution is 7.72.